The second-order valence-electron chi connectivity index (χ2n) is 5.37. The van der Waals surface area contributed by atoms with Crippen LogP contribution in [0.5, 0.6) is 5.75 Å². The summed E-state index contributed by atoms with van der Waals surface area (Å²) in [6, 6.07) is 10.2. The molecular formula is C17H14Cl2N2O3S. The molecule has 1 aliphatic heterocycles. The Hall–Kier alpha value is -1.89. The van der Waals surface area contributed by atoms with Crippen LogP contribution < -0.4 is 15.4 Å². The van der Waals surface area contributed by atoms with Gasteiger partial charge < -0.3 is 15.4 Å². The number of thioether (sulfide) groups is 1. The molecule has 0 bridgehead atoms. The SMILES string of the molecule is CC(Sc1cc(Cl)ccc1Cl)C(=O)Nc1ccc2c(c1)NC(=O)CO2. The van der Waals surface area contributed by atoms with Gasteiger partial charge in [0.05, 0.1) is 16.0 Å². The lowest BCUT2D eigenvalue weighted by Gasteiger charge is -2.19. The molecule has 1 unspecified atom stereocenters. The van der Waals surface area contributed by atoms with Gasteiger partial charge in [0.15, 0.2) is 6.61 Å². The summed E-state index contributed by atoms with van der Waals surface area (Å²) in [5.74, 6) is 0.158. The highest BCUT2D eigenvalue weighted by Gasteiger charge is 2.19. The van der Waals surface area contributed by atoms with E-state index < -0.39 is 5.25 Å². The van der Waals surface area contributed by atoms with Crippen LogP contribution in [0.4, 0.5) is 11.4 Å². The number of halogens is 2. The molecule has 2 aromatic carbocycles. The Labute approximate surface area is 159 Å². The number of hydrogen-bond donors (Lipinski definition) is 2. The van der Waals surface area contributed by atoms with Crippen molar-refractivity contribution in [2.45, 2.75) is 17.1 Å². The molecule has 2 amide bonds. The van der Waals surface area contributed by atoms with Gasteiger partial charge in [-0.25, -0.2) is 0 Å². The molecule has 1 heterocycles. The summed E-state index contributed by atoms with van der Waals surface area (Å²) in [6.07, 6.45) is 0. The van der Waals surface area contributed by atoms with E-state index in [0.717, 1.165) is 4.90 Å². The van der Waals surface area contributed by atoms with Crippen molar-refractivity contribution in [2.75, 3.05) is 17.2 Å². The Morgan fingerprint density at radius 2 is 2.08 bits per heavy atom. The highest BCUT2D eigenvalue weighted by molar-refractivity contribution is 8.00. The van der Waals surface area contributed by atoms with E-state index in [1.807, 2.05) is 0 Å². The van der Waals surface area contributed by atoms with Crippen molar-refractivity contribution in [1.82, 2.24) is 0 Å². The van der Waals surface area contributed by atoms with Gasteiger partial charge in [-0.05, 0) is 43.3 Å². The quantitative estimate of drug-likeness (QED) is 0.749. The van der Waals surface area contributed by atoms with Gasteiger partial charge in [0, 0.05) is 15.6 Å². The lowest BCUT2D eigenvalue weighted by molar-refractivity contribution is -0.118. The minimum atomic E-state index is -0.391. The van der Waals surface area contributed by atoms with E-state index in [9.17, 15) is 9.59 Å². The largest absolute Gasteiger partial charge is 0.482 e. The van der Waals surface area contributed by atoms with Gasteiger partial charge in [0.25, 0.3) is 5.91 Å². The highest BCUT2D eigenvalue weighted by Crippen LogP contribution is 2.34. The number of nitrogens with one attached hydrogen (secondary N) is 2. The number of hydrogen-bond acceptors (Lipinski definition) is 4. The Bertz CT molecular complexity index is 845. The molecule has 0 saturated carbocycles. The number of rotatable bonds is 4. The predicted octanol–water partition coefficient (Wildman–Crippen LogP) is 4.44. The molecule has 130 valence electrons. The first-order valence-electron chi connectivity index (χ1n) is 7.41. The molecule has 8 heteroatoms. The normalized spacial score (nSPS) is 14.1. The third kappa shape index (κ3) is 4.39. The molecule has 1 atom stereocenters. The summed E-state index contributed by atoms with van der Waals surface area (Å²) in [6.45, 7) is 1.77. The summed E-state index contributed by atoms with van der Waals surface area (Å²) >= 11 is 13.4. The van der Waals surface area contributed by atoms with Crippen molar-refractivity contribution < 1.29 is 14.3 Å². The van der Waals surface area contributed by atoms with E-state index in [2.05, 4.69) is 10.6 Å². The fourth-order valence-electron chi connectivity index (χ4n) is 2.22. The highest BCUT2D eigenvalue weighted by atomic mass is 35.5. The summed E-state index contributed by atoms with van der Waals surface area (Å²) in [7, 11) is 0. The van der Waals surface area contributed by atoms with Crippen LogP contribution >= 0.6 is 35.0 Å². The van der Waals surface area contributed by atoms with E-state index >= 15 is 0 Å². The van der Waals surface area contributed by atoms with Crippen molar-refractivity contribution in [2.24, 2.45) is 0 Å². The van der Waals surface area contributed by atoms with E-state index in [0.29, 0.717) is 27.2 Å². The summed E-state index contributed by atoms with van der Waals surface area (Å²) in [5, 5.41) is 6.24. The smallest absolute Gasteiger partial charge is 0.262 e. The average molecular weight is 397 g/mol. The third-order valence-electron chi connectivity index (χ3n) is 3.45. The fraction of sp³-hybridized carbons (Fsp3) is 0.176. The van der Waals surface area contributed by atoms with Gasteiger partial charge in [-0.1, -0.05) is 23.2 Å². The minimum Gasteiger partial charge on any atom is -0.482 e. The second kappa shape index (κ2) is 7.56. The number of fused-ring (bicyclic) bond motifs is 1. The molecule has 0 fully saturated rings. The first-order valence-corrected chi connectivity index (χ1v) is 9.05. The van der Waals surface area contributed by atoms with Crippen LogP contribution in [0.3, 0.4) is 0 Å². The standard InChI is InChI=1S/C17H14Cl2N2O3S/c1-9(25-15-6-10(18)2-4-12(15)19)17(23)20-11-3-5-14-13(7-11)21-16(22)8-24-14/h2-7,9H,8H2,1H3,(H,20,23)(H,21,22). The number of anilines is 2. The summed E-state index contributed by atoms with van der Waals surface area (Å²) < 4.78 is 5.29. The van der Waals surface area contributed by atoms with Crippen LogP contribution in [-0.2, 0) is 9.59 Å². The van der Waals surface area contributed by atoms with Crippen LogP contribution in [0.1, 0.15) is 6.92 Å². The molecule has 2 aromatic rings. The predicted molar refractivity (Wildman–Crippen MR) is 101 cm³/mol. The Morgan fingerprint density at radius 3 is 2.88 bits per heavy atom. The maximum absolute atomic E-state index is 12.4. The Morgan fingerprint density at radius 1 is 1.28 bits per heavy atom. The molecule has 25 heavy (non-hydrogen) atoms. The molecule has 0 aliphatic carbocycles. The second-order valence-corrected chi connectivity index (χ2v) is 7.60. The van der Waals surface area contributed by atoms with Crippen LogP contribution in [-0.4, -0.2) is 23.7 Å². The molecule has 0 spiro atoms. The first kappa shape index (κ1) is 17.9. The van der Waals surface area contributed by atoms with E-state index in [1.165, 1.54) is 11.8 Å². The zero-order chi connectivity index (χ0) is 18.0. The molecule has 0 aromatic heterocycles. The molecule has 1 aliphatic rings. The Kier molecular flexibility index (Phi) is 5.42. The van der Waals surface area contributed by atoms with Crippen LogP contribution in [0.25, 0.3) is 0 Å². The number of benzene rings is 2. The minimum absolute atomic E-state index is 0.00717. The van der Waals surface area contributed by atoms with Crippen molar-refractivity contribution >= 4 is 58.2 Å². The van der Waals surface area contributed by atoms with Gasteiger partial charge in [-0.2, -0.15) is 0 Å². The lowest BCUT2D eigenvalue weighted by atomic mass is 10.2. The van der Waals surface area contributed by atoms with Gasteiger partial charge in [0.1, 0.15) is 5.75 Å². The topological polar surface area (TPSA) is 67.4 Å². The molecule has 3 rings (SSSR count). The number of carbonyl (C=O) groups excluding carboxylic acids is 2. The summed E-state index contributed by atoms with van der Waals surface area (Å²) in [4.78, 5) is 24.5. The van der Waals surface area contributed by atoms with Gasteiger partial charge in [-0.3, -0.25) is 9.59 Å². The Balaban J connectivity index is 1.68. The fourth-order valence-corrected chi connectivity index (χ4v) is 3.63. The molecule has 0 radical (unpaired) electrons. The van der Waals surface area contributed by atoms with Gasteiger partial charge in [0.2, 0.25) is 5.91 Å². The molecular weight excluding hydrogens is 383 g/mol. The third-order valence-corrected chi connectivity index (χ3v) is 5.28. The number of ether oxygens (including phenoxy) is 1. The van der Waals surface area contributed by atoms with Crippen molar-refractivity contribution in [3.8, 4) is 5.75 Å². The van der Waals surface area contributed by atoms with Gasteiger partial charge >= 0.3 is 0 Å². The zero-order valence-corrected chi connectivity index (χ0v) is 15.5. The molecule has 2 N–H and O–H groups in total. The molecule has 5 nitrogen and oxygen atoms in total. The van der Waals surface area contributed by atoms with E-state index in [4.69, 9.17) is 27.9 Å². The number of carbonyl (C=O) groups is 2. The average Bonchev–Trinajstić information content (AvgIpc) is 2.57. The van der Waals surface area contributed by atoms with Crippen molar-refractivity contribution in [1.29, 1.82) is 0 Å². The van der Waals surface area contributed by atoms with Crippen LogP contribution in [0, 0.1) is 0 Å². The number of amides is 2. The van der Waals surface area contributed by atoms with Crippen LogP contribution in [0.2, 0.25) is 10.0 Å². The molecule has 0 saturated heterocycles. The van der Waals surface area contributed by atoms with Crippen molar-refractivity contribution in [3.05, 3.63) is 46.4 Å². The van der Waals surface area contributed by atoms with Crippen LogP contribution in [0.15, 0.2) is 41.3 Å². The lowest BCUT2D eigenvalue weighted by Crippen LogP contribution is -2.26. The summed E-state index contributed by atoms with van der Waals surface area (Å²) in [5.41, 5.74) is 1.10. The monoisotopic (exact) mass is 396 g/mol. The first-order chi connectivity index (χ1) is 11.9. The zero-order valence-electron chi connectivity index (χ0n) is 13.1. The maximum Gasteiger partial charge on any atom is 0.262 e. The van der Waals surface area contributed by atoms with E-state index in [1.54, 1.807) is 43.3 Å². The van der Waals surface area contributed by atoms with E-state index in [-0.39, 0.29) is 18.4 Å². The van der Waals surface area contributed by atoms with Crippen molar-refractivity contribution in [3.63, 3.8) is 0 Å². The van der Waals surface area contributed by atoms with Gasteiger partial charge in [-0.15, -0.1) is 11.8 Å². The maximum atomic E-state index is 12.4.